The van der Waals surface area contributed by atoms with Gasteiger partial charge in [0.25, 0.3) is 0 Å². The minimum Gasteiger partial charge on any atom is -0.390 e. The van der Waals surface area contributed by atoms with Gasteiger partial charge in [-0.15, -0.1) is 0 Å². The van der Waals surface area contributed by atoms with E-state index in [1.165, 1.54) is 0 Å². The number of likely N-dealkylation sites (tertiary alicyclic amines) is 1. The smallest absolute Gasteiger partial charge is 0.225 e. The van der Waals surface area contributed by atoms with E-state index in [0.29, 0.717) is 25.9 Å². The molecule has 2 atom stereocenters. The van der Waals surface area contributed by atoms with Crippen molar-refractivity contribution in [3.05, 3.63) is 0 Å². The first-order chi connectivity index (χ1) is 8.32. The van der Waals surface area contributed by atoms with Gasteiger partial charge in [0.15, 0.2) is 0 Å². The molecule has 1 aliphatic rings. The van der Waals surface area contributed by atoms with E-state index < -0.39 is 5.60 Å². The van der Waals surface area contributed by atoms with Gasteiger partial charge in [-0.05, 0) is 39.5 Å². The van der Waals surface area contributed by atoms with Gasteiger partial charge < -0.3 is 15.7 Å². The first-order valence-electron chi connectivity index (χ1n) is 7.08. The number of amides is 1. The fraction of sp³-hybridized carbons (Fsp3) is 0.929. The summed E-state index contributed by atoms with van der Waals surface area (Å²) >= 11 is 0. The summed E-state index contributed by atoms with van der Waals surface area (Å²) in [6, 6.07) is 0.220. The summed E-state index contributed by atoms with van der Waals surface area (Å²) in [4.78, 5) is 14.1. The Morgan fingerprint density at radius 2 is 1.89 bits per heavy atom. The molecule has 3 N–H and O–H groups in total. The highest BCUT2D eigenvalue weighted by molar-refractivity contribution is 5.78. The molecule has 1 saturated heterocycles. The summed E-state index contributed by atoms with van der Waals surface area (Å²) in [5.74, 6) is 0.307. The Morgan fingerprint density at radius 3 is 2.39 bits per heavy atom. The highest BCUT2D eigenvalue weighted by Crippen LogP contribution is 2.23. The molecule has 0 spiro atoms. The minimum absolute atomic E-state index is 0.0757. The lowest BCUT2D eigenvalue weighted by molar-refractivity contribution is -0.139. The Hall–Kier alpha value is -0.610. The van der Waals surface area contributed by atoms with Gasteiger partial charge in [0.05, 0.1) is 5.60 Å². The molecule has 4 heteroatoms. The predicted octanol–water partition coefficient (Wildman–Crippen LogP) is 1.51. The van der Waals surface area contributed by atoms with Crippen molar-refractivity contribution < 1.29 is 9.90 Å². The van der Waals surface area contributed by atoms with Gasteiger partial charge in [0.1, 0.15) is 0 Å². The second kappa shape index (κ2) is 6.53. The lowest BCUT2D eigenvalue weighted by Gasteiger charge is -2.37. The SMILES string of the molecule is CC(N)CCCC(C)C(=O)N1CCC(C)(O)CC1. The number of rotatable bonds is 5. The van der Waals surface area contributed by atoms with Crippen LogP contribution < -0.4 is 5.73 Å². The van der Waals surface area contributed by atoms with Crippen molar-refractivity contribution in [3.8, 4) is 0 Å². The molecule has 0 bridgehead atoms. The molecule has 0 radical (unpaired) electrons. The lowest BCUT2D eigenvalue weighted by atomic mass is 9.92. The van der Waals surface area contributed by atoms with Crippen molar-refractivity contribution in [2.24, 2.45) is 11.7 Å². The fourth-order valence-electron chi connectivity index (χ4n) is 2.39. The van der Waals surface area contributed by atoms with Crippen LogP contribution in [0.3, 0.4) is 0 Å². The van der Waals surface area contributed by atoms with Gasteiger partial charge in [0, 0.05) is 25.0 Å². The molecule has 4 nitrogen and oxygen atoms in total. The van der Waals surface area contributed by atoms with Crippen molar-refractivity contribution in [2.45, 2.75) is 64.5 Å². The Labute approximate surface area is 111 Å². The number of hydrogen-bond acceptors (Lipinski definition) is 3. The van der Waals surface area contributed by atoms with Crippen LogP contribution >= 0.6 is 0 Å². The van der Waals surface area contributed by atoms with Gasteiger partial charge in [-0.3, -0.25) is 4.79 Å². The van der Waals surface area contributed by atoms with E-state index in [4.69, 9.17) is 5.73 Å². The first-order valence-corrected chi connectivity index (χ1v) is 7.08. The quantitative estimate of drug-likeness (QED) is 0.783. The third kappa shape index (κ3) is 4.94. The largest absolute Gasteiger partial charge is 0.390 e. The van der Waals surface area contributed by atoms with Crippen LogP contribution in [0.25, 0.3) is 0 Å². The molecule has 106 valence electrons. The van der Waals surface area contributed by atoms with Gasteiger partial charge >= 0.3 is 0 Å². The number of nitrogens with two attached hydrogens (primary N) is 1. The van der Waals surface area contributed by atoms with Crippen molar-refractivity contribution in [2.75, 3.05) is 13.1 Å². The zero-order valence-corrected chi connectivity index (χ0v) is 12.0. The van der Waals surface area contributed by atoms with E-state index in [2.05, 4.69) is 0 Å². The molecule has 0 aliphatic carbocycles. The predicted molar refractivity (Wildman–Crippen MR) is 73.1 cm³/mol. The molecule has 1 rings (SSSR count). The van der Waals surface area contributed by atoms with Gasteiger partial charge in [0.2, 0.25) is 5.91 Å². The summed E-state index contributed by atoms with van der Waals surface area (Å²) in [5.41, 5.74) is 5.12. The van der Waals surface area contributed by atoms with Crippen molar-refractivity contribution in [1.29, 1.82) is 0 Å². The molecule has 0 aromatic heterocycles. The zero-order chi connectivity index (χ0) is 13.8. The maximum atomic E-state index is 12.2. The maximum absolute atomic E-state index is 12.2. The van der Waals surface area contributed by atoms with Crippen LogP contribution in [0.4, 0.5) is 0 Å². The molecule has 0 saturated carbocycles. The summed E-state index contributed by atoms with van der Waals surface area (Å²) in [5, 5.41) is 9.86. The molecule has 0 aromatic rings. The summed E-state index contributed by atoms with van der Waals surface area (Å²) in [7, 11) is 0. The average molecular weight is 256 g/mol. The second-order valence-corrected chi connectivity index (χ2v) is 6.13. The fourth-order valence-corrected chi connectivity index (χ4v) is 2.39. The number of hydrogen-bond donors (Lipinski definition) is 2. The number of carbonyl (C=O) groups is 1. The molecule has 1 fully saturated rings. The highest BCUT2D eigenvalue weighted by atomic mass is 16.3. The molecule has 1 amide bonds. The third-order valence-corrected chi connectivity index (χ3v) is 3.87. The molecule has 2 unspecified atom stereocenters. The number of aliphatic hydroxyl groups is 1. The monoisotopic (exact) mass is 256 g/mol. The van der Waals surface area contributed by atoms with Crippen LogP contribution in [0, 0.1) is 5.92 Å². The van der Waals surface area contributed by atoms with Crippen molar-refractivity contribution in [1.82, 2.24) is 4.90 Å². The number of nitrogens with zero attached hydrogens (tertiary/aromatic N) is 1. The minimum atomic E-state index is -0.588. The highest BCUT2D eigenvalue weighted by Gasteiger charge is 2.30. The summed E-state index contributed by atoms with van der Waals surface area (Å²) in [6.07, 6.45) is 4.27. The van der Waals surface area contributed by atoms with Gasteiger partial charge in [-0.2, -0.15) is 0 Å². The lowest BCUT2D eigenvalue weighted by Crippen LogP contribution is -2.46. The molecular formula is C14H28N2O2. The van der Waals surface area contributed by atoms with Crippen molar-refractivity contribution >= 4 is 5.91 Å². The van der Waals surface area contributed by atoms with E-state index >= 15 is 0 Å². The normalized spacial score (nSPS) is 22.6. The standard InChI is InChI=1S/C14H28N2O2/c1-11(5-4-6-12(2)15)13(17)16-9-7-14(3,18)8-10-16/h11-12,18H,4-10,15H2,1-3H3. The Morgan fingerprint density at radius 1 is 1.33 bits per heavy atom. The topological polar surface area (TPSA) is 66.6 Å². The Balaban J connectivity index is 2.31. The molecule has 18 heavy (non-hydrogen) atoms. The van der Waals surface area contributed by atoms with Crippen LogP contribution in [0.1, 0.15) is 52.9 Å². The van der Waals surface area contributed by atoms with E-state index in [1.807, 2.05) is 25.7 Å². The number of carbonyl (C=O) groups excluding carboxylic acids is 1. The summed E-state index contributed by atoms with van der Waals surface area (Å²) in [6.45, 7) is 7.21. The van der Waals surface area contributed by atoms with E-state index in [0.717, 1.165) is 19.3 Å². The Bertz CT molecular complexity index is 267. The number of piperidine rings is 1. The third-order valence-electron chi connectivity index (χ3n) is 3.87. The van der Waals surface area contributed by atoms with Crippen LogP contribution in [-0.2, 0) is 4.79 Å². The van der Waals surface area contributed by atoms with Gasteiger partial charge in [-0.1, -0.05) is 13.3 Å². The Kier molecular flexibility index (Phi) is 5.60. The van der Waals surface area contributed by atoms with Crippen LogP contribution in [0.15, 0.2) is 0 Å². The average Bonchev–Trinajstić information content (AvgIpc) is 2.27. The van der Waals surface area contributed by atoms with Gasteiger partial charge in [-0.25, -0.2) is 0 Å². The maximum Gasteiger partial charge on any atom is 0.225 e. The summed E-state index contributed by atoms with van der Waals surface area (Å²) < 4.78 is 0. The van der Waals surface area contributed by atoms with Crippen molar-refractivity contribution in [3.63, 3.8) is 0 Å². The van der Waals surface area contributed by atoms with E-state index in [9.17, 15) is 9.90 Å². The first kappa shape index (κ1) is 15.4. The van der Waals surface area contributed by atoms with Crippen LogP contribution in [0.5, 0.6) is 0 Å². The van der Waals surface area contributed by atoms with E-state index in [1.54, 1.807) is 0 Å². The molecule has 1 aliphatic heterocycles. The van der Waals surface area contributed by atoms with Crippen LogP contribution in [-0.4, -0.2) is 40.6 Å². The molecule has 1 heterocycles. The zero-order valence-electron chi connectivity index (χ0n) is 12.0. The molecular weight excluding hydrogens is 228 g/mol. The molecule has 0 aromatic carbocycles. The van der Waals surface area contributed by atoms with Crippen LogP contribution in [0.2, 0.25) is 0 Å². The second-order valence-electron chi connectivity index (χ2n) is 6.13. The van der Waals surface area contributed by atoms with E-state index in [-0.39, 0.29) is 17.9 Å².